The molecule has 0 saturated heterocycles. The van der Waals surface area contributed by atoms with Crippen LogP contribution >= 0.6 is 7.92 Å². The topological polar surface area (TPSA) is 29.5 Å². The van der Waals surface area contributed by atoms with E-state index >= 15 is 0 Å². The molecule has 0 aliphatic carbocycles. The number of aliphatic hydroxyl groups is 1. The van der Waals surface area contributed by atoms with Crippen LogP contribution in [0.15, 0.2) is 79.1 Å². The van der Waals surface area contributed by atoms with Crippen LogP contribution in [0.1, 0.15) is 16.7 Å². The lowest BCUT2D eigenvalue weighted by Crippen LogP contribution is -2.21. The van der Waals surface area contributed by atoms with E-state index < -0.39 is 7.92 Å². The Labute approximate surface area is 162 Å². The van der Waals surface area contributed by atoms with Gasteiger partial charge in [-0.25, -0.2) is 0 Å². The zero-order chi connectivity index (χ0) is 19.4. The van der Waals surface area contributed by atoms with Crippen molar-refractivity contribution in [1.29, 1.82) is 0 Å². The molecule has 0 bridgehead atoms. The van der Waals surface area contributed by atoms with Crippen LogP contribution < -0.4 is 20.7 Å². The minimum absolute atomic E-state index is 0.0340. The standard InChI is InChI=1S/C24H25O2P/c1-17-9-8-12-22(13-17)27(21-10-6-5-7-11-21)23-14-18(2)24(19(3)15-23)26-16-20(4)25/h5-15,25H,4,16H2,1-3H3/p+1. The second kappa shape index (κ2) is 8.41. The molecule has 3 aromatic rings. The molecule has 0 fully saturated rings. The summed E-state index contributed by atoms with van der Waals surface area (Å²) in [4.78, 5) is 0. The number of rotatable bonds is 6. The number of aliphatic hydroxyl groups excluding tert-OH is 1. The van der Waals surface area contributed by atoms with Crippen molar-refractivity contribution in [3.8, 4) is 5.75 Å². The molecule has 2 nitrogen and oxygen atoms in total. The zero-order valence-corrected chi connectivity index (χ0v) is 17.1. The summed E-state index contributed by atoms with van der Waals surface area (Å²) in [5.41, 5.74) is 3.44. The Bertz CT molecular complexity index is 925. The van der Waals surface area contributed by atoms with Crippen molar-refractivity contribution in [3.63, 3.8) is 0 Å². The van der Waals surface area contributed by atoms with Gasteiger partial charge in [0.15, 0.2) is 0 Å². The molecule has 0 aliphatic heterocycles. The van der Waals surface area contributed by atoms with E-state index in [2.05, 4.69) is 94.1 Å². The summed E-state index contributed by atoms with van der Waals surface area (Å²) in [6, 6.07) is 24.0. The molecule has 1 N–H and O–H groups in total. The zero-order valence-electron chi connectivity index (χ0n) is 16.1. The third kappa shape index (κ3) is 4.59. The van der Waals surface area contributed by atoms with Crippen LogP contribution in [0.4, 0.5) is 0 Å². The molecular weight excluding hydrogens is 351 g/mol. The lowest BCUT2D eigenvalue weighted by Gasteiger charge is -2.16. The Morgan fingerprint density at radius 1 is 0.852 bits per heavy atom. The summed E-state index contributed by atoms with van der Waals surface area (Å²) in [5.74, 6) is 0.860. The normalized spacial score (nSPS) is 11.8. The van der Waals surface area contributed by atoms with E-state index in [-0.39, 0.29) is 12.4 Å². The molecule has 3 rings (SSSR count). The summed E-state index contributed by atoms with van der Waals surface area (Å²) >= 11 is 0. The van der Waals surface area contributed by atoms with Gasteiger partial charge in [-0.15, -0.1) is 0 Å². The molecule has 138 valence electrons. The number of aryl methyl sites for hydroxylation is 3. The molecule has 0 radical (unpaired) electrons. The van der Waals surface area contributed by atoms with Gasteiger partial charge in [-0.1, -0.05) is 36.9 Å². The van der Waals surface area contributed by atoms with E-state index in [9.17, 15) is 5.11 Å². The lowest BCUT2D eigenvalue weighted by atomic mass is 10.1. The predicted octanol–water partition coefficient (Wildman–Crippen LogP) is 4.55. The van der Waals surface area contributed by atoms with E-state index in [1.54, 1.807) is 0 Å². The minimum Gasteiger partial charge on any atom is -0.509 e. The molecule has 3 aromatic carbocycles. The highest BCUT2D eigenvalue weighted by atomic mass is 31.1. The average Bonchev–Trinajstić information content (AvgIpc) is 2.62. The van der Waals surface area contributed by atoms with Crippen LogP contribution in [-0.4, -0.2) is 11.7 Å². The molecular formula is C24H26O2P+. The maximum atomic E-state index is 9.35. The monoisotopic (exact) mass is 377 g/mol. The fraction of sp³-hybridized carbons (Fsp3) is 0.167. The summed E-state index contributed by atoms with van der Waals surface area (Å²) in [5, 5.41) is 13.4. The maximum absolute atomic E-state index is 9.35. The van der Waals surface area contributed by atoms with Crippen LogP contribution in [0.2, 0.25) is 0 Å². The molecule has 0 heterocycles. The first-order chi connectivity index (χ1) is 13.0. The van der Waals surface area contributed by atoms with Crippen LogP contribution in [0.25, 0.3) is 0 Å². The van der Waals surface area contributed by atoms with Crippen LogP contribution in [0.5, 0.6) is 5.75 Å². The Morgan fingerprint density at radius 3 is 2.07 bits per heavy atom. The first kappa shape index (κ1) is 19.2. The molecule has 27 heavy (non-hydrogen) atoms. The van der Waals surface area contributed by atoms with Gasteiger partial charge in [0.05, 0.1) is 7.92 Å². The SMILES string of the molecule is C=C(O)COc1c(C)cc([PH+](c2ccccc2)c2cccc(C)c2)cc1C. The smallest absolute Gasteiger partial charge is 0.144 e. The highest BCUT2D eigenvalue weighted by Crippen LogP contribution is 2.35. The van der Waals surface area contributed by atoms with Crippen molar-refractivity contribution in [3.05, 3.63) is 95.8 Å². The molecule has 0 saturated carbocycles. The van der Waals surface area contributed by atoms with Gasteiger partial charge in [0.2, 0.25) is 0 Å². The van der Waals surface area contributed by atoms with Crippen molar-refractivity contribution in [2.75, 3.05) is 6.61 Å². The van der Waals surface area contributed by atoms with Gasteiger partial charge in [0, 0.05) is 0 Å². The van der Waals surface area contributed by atoms with Crippen LogP contribution in [-0.2, 0) is 0 Å². The van der Waals surface area contributed by atoms with Gasteiger partial charge in [-0.2, -0.15) is 0 Å². The fourth-order valence-electron chi connectivity index (χ4n) is 3.38. The average molecular weight is 377 g/mol. The first-order valence-corrected chi connectivity index (χ1v) is 10.6. The van der Waals surface area contributed by atoms with Crippen molar-refractivity contribution >= 4 is 23.8 Å². The Hall–Kier alpha value is -2.57. The van der Waals surface area contributed by atoms with Gasteiger partial charge in [-0.3, -0.25) is 0 Å². The molecule has 0 aromatic heterocycles. The third-order valence-electron chi connectivity index (χ3n) is 4.50. The maximum Gasteiger partial charge on any atom is 0.144 e. The van der Waals surface area contributed by atoms with Gasteiger partial charge in [0.25, 0.3) is 0 Å². The fourth-order valence-corrected chi connectivity index (χ4v) is 6.27. The summed E-state index contributed by atoms with van der Waals surface area (Å²) in [7, 11) is -1.11. The van der Waals surface area contributed by atoms with E-state index in [4.69, 9.17) is 4.74 Å². The van der Waals surface area contributed by atoms with E-state index in [0.29, 0.717) is 0 Å². The third-order valence-corrected chi connectivity index (χ3v) is 7.17. The van der Waals surface area contributed by atoms with Crippen molar-refractivity contribution in [1.82, 2.24) is 0 Å². The van der Waals surface area contributed by atoms with Gasteiger partial charge < -0.3 is 9.84 Å². The van der Waals surface area contributed by atoms with Crippen LogP contribution in [0.3, 0.4) is 0 Å². The first-order valence-electron chi connectivity index (χ1n) is 9.06. The molecule has 0 amide bonds. The Balaban J connectivity index is 2.09. The largest absolute Gasteiger partial charge is 0.509 e. The second-order valence-electron chi connectivity index (χ2n) is 6.90. The molecule has 0 spiro atoms. The molecule has 0 aliphatic rings. The van der Waals surface area contributed by atoms with E-state index in [1.165, 1.54) is 21.5 Å². The molecule has 1 atom stereocenters. The molecule has 3 heteroatoms. The highest BCUT2D eigenvalue weighted by Gasteiger charge is 2.27. The summed E-state index contributed by atoms with van der Waals surface area (Å²) in [6.45, 7) is 9.89. The Kier molecular flexibility index (Phi) is 5.98. The van der Waals surface area contributed by atoms with Crippen molar-refractivity contribution < 1.29 is 9.84 Å². The Morgan fingerprint density at radius 2 is 1.48 bits per heavy atom. The van der Waals surface area contributed by atoms with E-state index in [1.807, 2.05) is 0 Å². The van der Waals surface area contributed by atoms with Gasteiger partial charge in [-0.05, 0) is 73.9 Å². The van der Waals surface area contributed by atoms with Gasteiger partial charge >= 0.3 is 0 Å². The van der Waals surface area contributed by atoms with Gasteiger partial charge in [0.1, 0.15) is 34.0 Å². The highest BCUT2D eigenvalue weighted by molar-refractivity contribution is 7.79. The quantitative estimate of drug-likeness (QED) is 0.504. The van der Waals surface area contributed by atoms with Crippen molar-refractivity contribution in [2.45, 2.75) is 20.8 Å². The van der Waals surface area contributed by atoms with Crippen molar-refractivity contribution in [2.24, 2.45) is 0 Å². The number of ether oxygens (including phenoxy) is 1. The predicted molar refractivity (Wildman–Crippen MR) is 118 cm³/mol. The summed E-state index contributed by atoms with van der Waals surface area (Å²) < 4.78 is 5.76. The van der Waals surface area contributed by atoms with E-state index in [0.717, 1.165) is 16.9 Å². The lowest BCUT2D eigenvalue weighted by molar-refractivity contribution is 0.270. The second-order valence-corrected chi connectivity index (χ2v) is 9.39. The number of benzene rings is 3. The van der Waals surface area contributed by atoms with Crippen LogP contribution in [0, 0.1) is 20.8 Å². The number of hydrogen-bond acceptors (Lipinski definition) is 2. The minimum atomic E-state index is -1.11. The molecule has 1 unspecified atom stereocenters. The number of hydrogen-bond donors (Lipinski definition) is 1. The summed E-state index contributed by atoms with van der Waals surface area (Å²) in [6.07, 6.45) is 0.